The van der Waals surface area contributed by atoms with Crippen molar-refractivity contribution in [3.8, 4) is 11.5 Å². The van der Waals surface area contributed by atoms with E-state index >= 15 is 0 Å². The number of aromatic carboxylic acids is 1. The molecule has 0 aliphatic heterocycles. The Kier molecular flexibility index (Phi) is 5.19. The Hall–Kier alpha value is -3.02. The smallest absolute Gasteiger partial charge is 0.335 e. The molecule has 1 amide bonds. The normalized spacial score (nSPS) is 11.4. The summed E-state index contributed by atoms with van der Waals surface area (Å²) in [5, 5.41) is 11.5. The lowest BCUT2D eigenvalue weighted by molar-refractivity contribution is -0.122. The number of hydrogen-bond acceptors (Lipinski definition) is 4. The quantitative estimate of drug-likeness (QED) is 0.856. The molecule has 0 heterocycles. The second-order valence-corrected chi connectivity index (χ2v) is 4.81. The fourth-order valence-electron chi connectivity index (χ4n) is 1.87. The molecule has 23 heavy (non-hydrogen) atoms. The molecule has 1 atom stereocenters. The third-order valence-electron chi connectivity index (χ3n) is 3.12. The van der Waals surface area contributed by atoms with Gasteiger partial charge >= 0.3 is 5.97 Å². The second kappa shape index (κ2) is 7.31. The number of ether oxygens (including phenoxy) is 2. The van der Waals surface area contributed by atoms with Crippen LogP contribution in [-0.2, 0) is 4.79 Å². The minimum absolute atomic E-state index is 0.156. The molecule has 2 aromatic carbocycles. The van der Waals surface area contributed by atoms with Crippen LogP contribution in [0.25, 0.3) is 0 Å². The van der Waals surface area contributed by atoms with Gasteiger partial charge in [-0.1, -0.05) is 6.07 Å². The second-order valence-electron chi connectivity index (χ2n) is 4.81. The summed E-state index contributed by atoms with van der Waals surface area (Å²) in [6.45, 7) is 1.63. The summed E-state index contributed by atoms with van der Waals surface area (Å²) in [4.78, 5) is 22.9. The van der Waals surface area contributed by atoms with Crippen LogP contribution < -0.4 is 14.8 Å². The van der Waals surface area contributed by atoms with Crippen LogP contribution in [0.3, 0.4) is 0 Å². The van der Waals surface area contributed by atoms with E-state index in [-0.39, 0.29) is 11.5 Å². The molecule has 6 nitrogen and oxygen atoms in total. The van der Waals surface area contributed by atoms with Gasteiger partial charge in [-0.05, 0) is 43.3 Å². The Balaban J connectivity index is 1.97. The largest absolute Gasteiger partial charge is 0.497 e. The Morgan fingerprint density at radius 1 is 1.09 bits per heavy atom. The molecule has 1 unspecified atom stereocenters. The lowest BCUT2D eigenvalue weighted by Crippen LogP contribution is -2.30. The molecule has 0 aliphatic rings. The first-order valence-electron chi connectivity index (χ1n) is 6.94. The molecule has 2 rings (SSSR count). The third-order valence-corrected chi connectivity index (χ3v) is 3.12. The van der Waals surface area contributed by atoms with Gasteiger partial charge in [0.1, 0.15) is 11.5 Å². The summed E-state index contributed by atoms with van der Waals surface area (Å²) < 4.78 is 10.7. The molecule has 0 aromatic heterocycles. The summed E-state index contributed by atoms with van der Waals surface area (Å²) >= 11 is 0. The zero-order valence-electron chi connectivity index (χ0n) is 12.8. The highest BCUT2D eigenvalue weighted by Gasteiger charge is 2.15. The van der Waals surface area contributed by atoms with Gasteiger partial charge in [-0.25, -0.2) is 4.79 Å². The van der Waals surface area contributed by atoms with Crippen LogP contribution in [0.1, 0.15) is 17.3 Å². The number of carbonyl (C=O) groups excluding carboxylic acids is 1. The average molecular weight is 315 g/mol. The van der Waals surface area contributed by atoms with E-state index < -0.39 is 12.1 Å². The van der Waals surface area contributed by atoms with Crippen molar-refractivity contribution in [2.45, 2.75) is 13.0 Å². The first-order chi connectivity index (χ1) is 11.0. The molecule has 120 valence electrons. The Labute approximate surface area is 133 Å². The van der Waals surface area contributed by atoms with Gasteiger partial charge in [-0.15, -0.1) is 0 Å². The number of carboxylic acid groups (broad SMARTS) is 1. The van der Waals surface area contributed by atoms with E-state index in [0.29, 0.717) is 17.2 Å². The lowest BCUT2D eigenvalue weighted by Gasteiger charge is -2.15. The number of hydrogen-bond donors (Lipinski definition) is 2. The molecule has 0 saturated heterocycles. The highest BCUT2D eigenvalue weighted by molar-refractivity contribution is 5.95. The minimum atomic E-state index is -1.02. The molecule has 0 aliphatic carbocycles. The number of anilines is 1. The molecular formula is C17H17NO5. The molecule has 0 bridgehead atoms. The van der Waals surface area contributed by atoms with Crippen molar-refractivity contribution in [3.05, 3.63) is 54.1 Å². The van der Waals surface area contributed by atoms with Crippen molar-refractivity contribution in [2.24, 2.45) is 0 Å². The first-order valence-corrected chi connectivity index (χ1v) is 6.94. The van der Waals surface area contributed by atoms with Gasteiger partial charge in [0.25, 0.3) is 5.91 Å². The van der Waals surface area contributed by atoms with Gasteiger partial charge in [-0.3, -0.25) is 4.79 Å². The SMILES string of the molecule is COc1cccc(OC(C)C(=O)Nc2ccc(C(=O)O)cc2)c1. The predicted molar refractivity (Wildman–Crippen MR) is 85.1 cm³/mol. The van der Waals surface area contributed by atoms with Crippen LogP contribution in [0.4, 0.5) is 5.69 Å². The Morgan fingerprint density at radius 2 is 1.74 bits per heavy atom. The molecule has 0 saturated carbocycles. The van der Waals surface area contributed by atoms with Crippen molar-refractivity contribution in [1.29, 1.82) is 0 Å². The summed E-state index contributed by atoms with van der Waals surface area (Å²) in [5.41, 5.74) is 0.657. The highest BCUT2D eigenvalue weighted by atomic mass is 16.5. The monoisotopic (exact) mass is 315 g/mol. The molecule has 2 N–H and O–H groups in total. The van der Waals surface area contributed by atoms with E-state index in [9.17, 15) is 9.59 Å². The molecular weight excluding hydrogens is 298 g/mol. The number of carboxylic acids is 1. The van der Waals surface area contributed by atoms with Crippen molar-refractivity contribution in [3.63, 3.8) is 0 Å². The van der Waals surface area contributed by atoms with Crippen LogP contribution in [0.5, 0.6) is 11.5 Å². The summed E-state index contributed by atoms with van der Waals surface area (Å²) in [6.07, 6.45) is -0.721. The predicted octanol–water partition coefficient (Wildman–Crippen LogP) is 2.80. The molecule has 2 aromatic rings. The lowest BCUT2D eigenvalue weighted by atomic mass is 10.2. The van der Waals surface area contributed by atoms with Crippen LogP contribution in [0.15, 0.2) is 48.5 Å². The molecule has 0 radical (unpaired) electrons. The third kappa shape index (κ3) is 4.47. The number of benzene rings is 2. The van der Waals surface area contributed by atoms with Gasteiger partial charge in [0, 0.05) is 11.8 Å². The zero-order valence-corrected chi connectivity index (χ0v) is 12.8. The maximum atomic E-state index is 12.1. The van der Waals surface area contributed by atoms with Gasteiger partial charge in [0.15, 0.2) is 6.10 Å². The standard InChI is InChI=1S/C17H17NO5/c1-11(23-15-5-3-4-14(10-15)22-2)16(19)18-13-8-6-12(7-9-13)17(20)21/h3-11H,1-2H3,(H,18,19)(H,20,21). The van der Waals surface area contributed by atoms with E-state index in [1.807, 2.05) is 0 Å². The minimum Gasteiger partial charge on any atom is -0.497 e. The first kappa shape index (κ1) is 16.4. The molecule has 0 spiro atoms. The van der Waals surface area contributed by atoms with E-state index in [4.69, 9.17) is 14.6 Å². The molecule has 0 fully saturated rings. The van der Waals surface area contributed by atoms with Crippen molar-refractivity contribution < 1.29 is 24.2 Å². The average Bonchev–Trinajstić information content (AvgIpc) is 2.55. The van der Waals surface area contributed by atoms with Crippen LogP contribution in [-0.4, -0.2) is 30.2 Å². The molecule has 6 heteroatoms. The van der Waals surface area contributed by atoms with Gasteiger partial charge in [0.05, 0.1) is 12.7 Å². The number of nitrogens with one attached hydrogen (secondary N) is 1. The van der Waals surface area contributed by atoms with E-state index in [1.54, 1.807) is 38.3 Å². The number of amides is 1. The fraction of sp³-hybridized carbons (Fsp3) is 0.176. The maximum absolute atomic E-state index is 12.1. The van der Waals surface area contributed by atoms with Crippen LogP contribution >= 0.6 is 0 Å². The van der Waals surface area contributed by atoms with Gasteiger partial charge < -0.3 is 19.9 Å². The number of methoxy groups -OCH3 is 1. The van der Waals surface area contributed by atoms with E-state index in [2.05, 4.69) is 5.32 Å². The summed E-state index contributed by atoms with van der Waals surface area (Å²) in [7, 11) is 1.55. The number of carbonyl (C=O) groups is 2. The highest BCUT2D eigenvalue weighted by Crippen LogP contribution is 2.20. The van der Waals surface area contributed by atoms with Gasteiger partial charge in [-0.2, -0.15) is 0 Å². The summed E-state index contributed by atoms with van der Waals surface area (Å²) in [5.74, 6) is -0.193. The van der Waals surface area contributed by atoms with E-state index in [0.717, 1.165) is 0 Å². The Morgan fingerprint density at radius 3 is 2.35 bits per heavy atom. The van der Waals surface area contributed by atoms with E-state index in [1.165, 1.54) is 24.3 Å². The Bertz CT molecular complexity index is 696. The zero-order chi connectivity index (χ0) is 16.8. The maximum Gasteiger partial charge on any atom is 0.335 e. The fourth-order valence-corrected chi connectivity index (χ4v) is 1.87. The topological polar surface area (TPSA) is 84.9 Å². The van der Waals surface area contributed by atoms with Crippen LogP contribution in [0, 0.1) is 0 Å². The van der Waals surface area contributed by atoms with Crippen LogP contribution in [0.2, 0.25) is 0 Å². The number of rotatable bonds is 6. The van der Waals surface area contributed by atoms with Crippen molar-refractivity contribution >= 4 is 17.6 Å². The van der Waals surface area contributed by atoms with Crippen molar-refractivity contribution in [2.75, 3.05) is 12.4 Å². The van der Waals surface area contributed by atoms with Gasteiger partial charge in [0.2, 0.25) is 0 Å². The summed E-state index contributed by atoms with van der Waals surface area (Å²) in [6, 6.07) is 12.9. The van der Waals surface area contributed by atoms with Crippen molar-refractivity contribution in [1.82, 2.24) is 0 Å².